The Morgan fingerprint density at radius 3 is 2.76 bits per heavy atom. The second-order valence-corrected chi connectivity index (χ2v) is 8.00. The Labute approximate surface area is 190 Å². The van der Waals surface area contributed by atoms with Gasteiger partial charge in [-0.3, -0.25) is 9.89 Å². The van der Waals surface area contributed by atoms with Gasteiger partial charge in [-0.2, -0.15) is 20.3 Å². The number of nitriles is 1. The van der Waals surface area contributed by atoms with Gasteiger partial charge in [0.1, 0.15) is 34.9 Å². The Kier molecular flexibility index (Phi) is 4.83. The quantitative estimate of drug-likeness (QED) is 0.343. The molecular weight excluding hydrogens is 451 g/mol. The van der Waals surface area contributed by atoms with E-state index in [2.05, 4.69) is 30.5 Å². The van der Waals surface area contributed by atoms with E-state index in [0.717, 1.165) is 25.0 Å². The lowest BCUT2D eigenvalue weighted by molar-refractivity contribution is 0.603. The first kappa shape index (κ1) is 20.7. The number of aromatic amines is 1. The smallest absolute Gasteiger partial charge is 0.268 e. The maximum Gasteiger partial charge on any atom is 0.268 e. The molecule has 1 atom stereocenters. The van der Waals surface area contributed by atoms with E-state index in [9.17, 15) is 14.4 Å². The van der Waals surface area contributed by atoms with Crippen molar-refractivity contribution in [2.75, 3.05) is 16.8 Å². The number of hydrogen-bond acceptors (Lipinski definition) is 9. The van der Waals surface area contributed by atoms with E-state index < -0.39 is 17.4 Å². The molecule has 166 valence electrons. The van der Waals surface area contributed by atoms with Crippen LogP contribution in [0.25, 0.3) is 16.7 Å². The molecule has 0 bridgehead atoms. The van der Waals surface area contributed by atoms with Gasteiger partial charge >= 0.3 is 0 Å². The number of nitrogen functional groups attached to an aromatic ring is 2. The summed E-state index contributed by atoms with van der Waals surface area (Å²) in [4.78, 5) is 26.1. The van der Waals surface area contributed by atoms with Crippen LogP contribution in [0.4, 0.5) is 22.0 Å². The number of nitrogens with zero attached hydrogens (tertiary/aromatic N) is 6. The lowest BCUT2D eigenvalue weighted by Crippen LogP contribution is -2.30. The number of benzene rings is 1. The standard InChI is InChI=1S/C20H16ClFN10O/c21-11-5-9(22)6-12-14(11)19(33)32(13-3-4-26-31-13)18(27-12)15(8-1-2-8)28-17-10(7-23)16(24)29-20(25)30-17/h3-6,8,15H,1-2H2,(H,26,31)(H5,24,25,28,29,30)/t15-/m0/s1. The van der Waals surface area contributed by atoms with E-state index in [-0.39, 0.29) is 50.8 Å². The zero-order valence-electron chi connectivity index (χ0n) is 16.9. The van der Waals surface area contributed by atoms with Gasteiger partial charge in [-0.15, -0.1) is 0 Å². The minimum atomic E-state index is -0.622. The van der Waals surface area contributed by atoms with Crippen LogP contribution in [0.1, 0.15) is 30.3 Å². The van der Waals surface area contributed by atoms with E-state index in [4.69, 9.17) is 23.1 Å². The fourth-order valence-electron chi connectivity index (χ4n) is 3.74. The molecule has 1 aliphatic rings. The highest BCUT2D eigenvalue weighted by Gasteiger charge is 2.37. The second-order valence-electron chi connectivity index (χ2n) is 7.60. The van der Waals surface area contributed by atoms with Gasteiger partial charge in [0.2, 0.25) is 5.95 Å². The summed E-state index contributed by atoms with van der Waals surface area (Å²) in [5, 5.41) is 19.4. The summed E-state index contributed by atoms with van der Waals surface area (Å²) in [7, 11) is 0. The first-order valence-corrected chi connectivity index (χ1v) is 10.3. The van der Waals surface area contributed by atoms with Crippen molar-refractivity contribution < 1.29 is 4.39 Å². The molecular formula is C20H16ClFN10O. The van der Waals surface area contributed by atoms with Gasteiger partial charge in [0, 0.05) is 12.1 Å². The number of nitrogens with two attached hydrogens (primary N) is 2. The van der Waals surface area contributed by atoms with Crippen molar-refractivity contribution in [1.29, 1.82) is 5.26 Å². The molecule has 0 amide bonds. The normalized spacial score (nSPS) is 14.2. The van der Waals surface area contributed by atoms with Gasteiger partial charge in [-0.1, -0.05) is 11.6 Å². The molecule has 0 unspecified atom stereocenters. The molecule has 33 heavy (non-hydrogen) atoms. The Hall–Kier alpha value is -4.24. The molecule has 11 nitrogen and oxygen atoms in total. The zero-order chi connectivity index (χ0) is 23.3. The summed E-state index contributed by atoms with van der Waals surface area (Å²) in [6, 6.07) is 5.18. The Bertz CT molecular complexity index is 1490. The maximum atomic E-state index is 14.1. The minimum Gasteiger partial charge on any atom is -0.382 e. The summed E-state index contributed by atoms with van der Waals surface area (Å²) in [5.74, 6) is -0.0365. The Morgan fingerprint density at radius 1 is 1.30 bits per heavy atom. The lowest BCUT2D eigenvalue weighted by Gasteiger charge is -2.23. The third-order valence-corrected chi connectivity index (χ3v) is 5.67. The summed E-state index contributed by atoms with van der Waals surface area (Å²) in [6.07, 6.45) is 3.15. The predicted octanol–water partition coefficient (Wildman–Crippen LogP) is 2.29. The molecule has 0 saturated heterocycles. The largest absolute Gasteiger partial charge is 0.382 e. The van der Waals surface area contributed by atoms with Gasteiger partial charge in [-0.25, -0.2) is 13.9 Å². The average Bonchev–Trinajstić information content (AvgIpc) is 3.45. The monoisotopic (exact) mass is 466 g/mol. The molecule has 13 heteroatoms. The van der Waals surface area contributed by atoms with E-state index in [1.165, 1.54) is 10.8 Å². The third-order valence-electron chi connectivity index (χ3n) is 5.37. The highest BCUT2D eigenvalue weighted by molar-refractivity contribution is 6.35. The molecule has 6 N–H and O–H groups in total. The van der Waals surface area contributed by atoms with E-state index in [1.807, 2.05) is 6.07 Å². The third kappa shape index (κ3) is 3.58. The van der Waals surface area contributed by atoms with Gasteiger partial charge in [0.05, 0.1) is 28.2 Å². The van der Waals surface area contributed by atoms with Crippen molar-refractivity contribution in [3.8, 4) is 11.9 Å². The van der Waals surface area contributed by atoms with Crippen molar-refractivity contribution in [3.63, 3.8) is 0 Å². The zero-order valence-corrected chi connectivity index (χ0v) is 17.6. The average molecular weight is 467 g/mol. The van der Waals surface area contributed by atoms with Crippen LogP contribution >= 0.6 is 11.6 Å². The number of rotatable bonds is 5. The summed E-state index contributed by atoms with van der Waals surface area (Å²) < 4.78 is 15.4. The van der Waals surface area contributed by atoms with E-state index in [1.54, 1.807) is 6.07 Å². The van der Waals surface area contributed by atoms with Crippen LogP contribution in [-0.4, -0.2) is 29.7 Å². The van der Waals surface area contributed by atoms with Crippen molar-refractivity contribution in [2.45, 2.75) is 18.9 Å². The molecule has 1 aliphatic carbocycles. The first-order valence-electron chi connectivity index (χ1n) is 9.88. The van der Waals surface area contributed by atoms with Crippen molar-refractivity contribution >= 4 is 40.1 Å². The maximum absolute atomic E-state index is 14.1. The number of hydrogen-bond donors (Lipinski definition) is 4. The molecule has 1 fully saturated rings. The van der Waals surface area contributed by atoms with Crippen LogP contribution in [0.3, 0.4) is 0 Å². The van der Waals surface area contributed by atoms with Gasteiger partial charge in [0.25, 0.3) is 5.56 Å². The summed E-state index contributed by atoms with van der Waals surface area (Å²) >= 11 is 6.20. The van der Waals surface area contributed by atoms with Crippen molar-refractivity contribution in [2.24, 2.45) is 5.92 Å². The molecule has 0 aliphatic heterocycles. The SMILES string of the molecule is N#Cc1c(N)nc(N)nc1N[C@H](c1nc2cc(F)cc(Cl)c2c(=O)n1-c1ccn[nH]1)C1CC1. The van der Waals surface area contributed by atoms with Crippen molar-refractivity contribution in [1.82, 2.24) is 29.7 Å². The molecule has 0 radical (unpaired) electrons. The number of halogens is 2. The van der Waals surface area contributed by atoms with Crippen molar-refractivity contribution in [3.05, 3.63) is 57.0 Å². The highest BCUT2D eigenvalue weighted by atomic mass is 35.5. The molecule has 0 spiro atoms. The van der Waals surface area contributed by atoms with E-state index >= 15 is 0 Å². The van der Waals surface area contributed by atoms with E-state index in [0.29, 0.717) is 5.82 Å². The lowest BCUT2D eigenvalue weighted by atomic mass is 10.1. The summed E-state index contributed by atoms with van der Waals surface area (Å²) in [5.41, 5.74) is 11.2. The Balaban J connectivity index is 1.77. The number of aromatic nitrogens is 6. The van der Waals surface area contributed by atoms with Crippen LogP contribution < -0.4 is 22.3 Å². The first-order chi connectivity index (χ1) is 15.9. The topological polar surface area (TPSA) is 177 Å². The minimum absolute atomic E-state index is 0.0140. The predicted molar refractivity (Wildman–Crippen MR) is 119 cm³/mol. The molecule has 1 aromatic carbocycles. The van der Waals surface area contributed by atoms with Gasteiger partial charge < -0.3 is 16.8 Å². The van der Waals surface area contributed by atoms with Crippen LogP contribution in [0.2, 0.25) is 5.02 Å². The van der Waals surface area contributed by atoms with Crippen LogP contribution in [0, 0.1) is 23.1 Å². The molecule has 5 rings (SSSR count). The number of anilines is 3. The molecule has 4 aromatic rings. The van der Waals surface area contributed by atoms with Gasteiger partial charge in [-0.05, 0) is 24.8 Å². The fourth-order valence-corrected chi connectivity index (χ4v) is 4.03. The number of nitrogens with one attached hydrogen (secondary N) is 2. The second kappa shape index (κ2) is 7.72. The molecule has 1 saturated carbocycles. The summed E-state index contributed by atoms with van der Waals surface area (Å²) in [6.45, 7) is 0. The molecule has 3 aromatic heterocycles. The number of H-pyrrole nitrogens is 1. The molecule has 3 heterocycles. The van der Waals surface area contributed by atoms with Crippen LogP contribution in [0.15, 0.2) is 29.2 Å². The Morgan fingerprint density at radius 2 is 2.09 bits per heavy atom. The van der Waals surface area contributed by atoms with Crippen LogP contribution in [-0.2, 0) is 0 Å². The van der Waals surface area contributed by atoms with Crippen LogP contribution in [0.5, 0.6) is 0 Å². The fraction of sp³-hybridized carbons (Fsp3) is 0.200. The highest BCUT2D eigenvalue weighted by Crippen LogP contribution is 2.43. The van der Waals surface area contributed by atoms with Gasteiger partial charge in [0.15, 0.2) is 5.82 Å². The number of fused-ring (bicyclic) bond motifs is 1.